The second-order valence-electron chi connectivity index (χ2n) is 16.1. The fraction of sp³-hybridized carbons (Fsp3) is 0.914. The number of hydrogen-bond acceptors (Lipinski definition) is 6. The molecule has 1 spiro atoms. The van der Waals surface area contributed by atoms with Gasteiger partial charge in [-0.1, -0.05) is 20.4 Å². The van der Waals surface area contributed by atoms with Crippen molar-refractivity contribution in [2.45, 2.75) is 121 Å². The van der Waals surface area contributed by atoms with E-state index in [1.54, 1.807) is 6.92 Å². The summed E-state index contributed by atoms with van der Waals surface area (Å²) in [5.41, 5.74) is 0.297. The van der Waals surface area contributed by atoms with Crippen LogP contribution in [0.3, 0.4) is 0 Å². The Kier molecular flexibility index (Phi) is 7.65. The van der Waals surface area contributed by atoms with Gasteiger partial charge in [0.15, 0.2) is 11.9 Å². The Morgan fingerprint density at radius 1 is 1.02 bits per heavy atom. The van der Waals surface area contributed by atoms with E-state index in [9.17, 15) is 9.90 Å². The first-order chi connectivity index (χ1) is 20.1. The molecule has 5 unspecified atom stereocenters. The number of ether oxygens (including phenoxy) is 3. The molecule has 3 heterocycles. The molecule has 0 aromatic carbocycles. The number of piperidine rings is 1. The maximum atomic E-state index is 12.6. The van der Waals surface area contributed by atoms with Crippen molar-refractivity contribution in [3.05, 3.63) is 12.7 Å². The molecule has 0 amide bonds. The number of hydrogen-bond donors (Lipinski definition) is 1. The number of aliphatic hydroxyl groups excluding tert-OH is 1. The lowest BCUT2D eigenvalue weighted by molar-refractivity contribution is -0.937. The van der Waals surface area contributed by atoms with Crippen molar-refractivity contribution in [3.63, 3.8) is 0 Å². The van der Waals surface area contributed by atoms with Gasteiger partial charge in [-0.3, -0.25) is 9.69 Å². The molecular weight excluding hydrogens is 528 g/mol. The Morgan fingerprint density at radius 2 is 1.74 bits per heavy atom. The van der Waals surface area contributed by atoms with Crippen molar-refractivity contribution in [2.75, 3.05) is 45.9 Å². The Labute approximate surface area is 253 Å². The summed E-state index contributed by atoms with van der Waals surface area (Å²) in [5.74, 6) is 2.09. The summed E-state index contributed by atoms with van der Waals surface area (Å²) >= 11 is 0. The summed E-state index contributed by atoms with van der Waals surface area (Å²) < 4.78 is 19.5. The standard InChI is InChI=1S/C35H57N2O5/c1-5-16-37(17-6-7-18-37)30-22-28-26-9-8-25-21-31(39)29(36-14-12-35(13-15-36)40-19-20-41-35)23-34(25,4)27(26)10-11-33(28,3)32(30)42-24(2)38/h5,25-32,39H,1,6-23H2,2-4H3/q+1/t25?,26-,27-,28+,29?,30?,31?,32?,33+,34+/m1/s1. The number of rotatable bonds is 5. The van der Waals surface area contributed by atoms with Gasteiger partial charge in [0.2, 0.25) is 0 Å². The van der Waals surface area contributed by atoms with Crippen LogP contribution in [0.1, 0.15) is 91.4 Å². The van der Waals surface area contributed by atoms with Crippen LogP contribution in [0.4, 0.5) is 0 Å². The fourth-order valence-corrected chi connectivity index (χ4v) is 12.4. The van der Waals surface area contributed by atoms with Crippen molar-refractivity contribution in [3.8, 4) is 0 Å². The number of esters is 1. The van der Waals surface area contributed by atoms with E-state index in [0.717, 1.165) is 56.2 Å². The first-order valence-corrected chi connectivity index (χ1v) is 17.5. The molecule has 0 aromatic heterocycles. The lowest BCUT2D eigenvalue weighted by Crippen LogP contribution is -2.61. The first kappa shape index (κ1) is 29.7. The van der Waals surface area contributed by atoms with Gasteiger partial charge in [-0.05, 0) is 73.7 Å². The third-order valence-corrected chi connectivity index (χ3v) is 14.4. The molecule has 0 aromatic rings. The van der Waals surface area contributed by atoms with E-state index in [0.29, 0.717) is 42.9 Å². The van der Waals surface area contributed by atoms with Gasteiger partial charge >= 0.3 is 5.97 Å². The van der Waals surface area contributed by atoms with Crippen LogP contribution in [-0.4, -0.2) is 96.5 Å². The van der Waals surface area contributed by atoms with E-state index in [-0.39, 0.29) is 40.8 Å². The summed E-state index contributed by atoms with van der Waals surface area (Å²) in [5, 5.41) is 11.5. The van der Waals surface area contributed by atoms with Gasteiger partial charge in [-0.2, -0.15) is 0 Å². The van der Waals surface area contributed by atoms with Crippen LogP contribution in [0.15, 0.2) is 12.7 Å². The van der Waals surface area contributed by atoms with Crippen molar-refractivity contribution in [2.24, 2.45) is 34.5 Å². The molecule has 1 N–H and O–H groups in total. The number of quaternary nitrogens is 1. The second-order valence-corrected chi connectivity index (χ2v) is 16.1. The van der Waals surface area contributed by atoms with Crippen LogP contribution in [0.25, 0.3) is 0 Å². The summed E-state index contributed by atoms with van der Waals surface area (Å²) in [6, 6.07) is 0.614. The largest absolute Gasteiger partial charge is 0.456 e. The number of carbonyl (C=O) groups is 1. The summed E-state index contributed by atoms with van der Waals surface area (Å²) in [4.78, 5) is 15.1. The van der Waals surface area contributed by atoms with Gasteiger partial charge in [0.05, 0.1) is 39.0 Å². The predicted octanol–water partition coefficient (Wildman–Crippen LogP) is 4.91. The average Bonchev–Trinajstić information content (AvgIpc) is 3.69. The van der Waals surface area contributed by atoms with E-state index in [1.807, 2.05) is 0 Å². The maximum absolute atomic E-state index is 12.6. The molecule has 10 atom stereocenters. The molecule has 236 valence electrons. The molecule has 7 fully saturated rings. The molecule has 4 aliphatic carbocycles. The molecule has 7 heteroatoms. The average molecular weight is 586 g/mol. The molecule has 4 saturated carbocycles. The molecule has 7 rings (SSSR count). The van der Waals surface area contributed by atoms with E-state index in [4.69, 9.17) is 14.2 Å². The van der Waals surface area contributed by atoms with Crippen molar-refractivity contribution in [1.29, 1.82) is 0 Å². The Hall–Kier alpha value is -0.990. The lowest BCUT2D eigenvalue weighted by Gasteiger charge is -2.62. The quantitative estimate of drug-likeness (QED) is 0.281. The normalized spacial score (nSPS) is 47.9. The fourth-order valence-electron chi connectivity index (χ4n) is 12.4. The molecule has 3 aliphatic heterocycles. The highest BCUT2D eigenvalue weighted by molar-refractivity contribution is 5.66. The smallest absolute Gasteiger partial charge is 0.303 e. The zero-order valence-corrected chi connectivity index (χ0v) is 26.6. The van der Waals surface area contributed by atoms with Gasteiger partial charge in [0, 0.05) is 63.6 Å². The summed E-state index contributed by atoms with van der Waals surface area (Å²) in [7, 11) is 0. The lowest BCUT2D eigenvalue weighted by atomic mass is 9.44. The third-order valence-electron chi connectivity index (χ3n) is 14.4. The first-order valence-electron chi connectivity index (χ1n) is 17.5. The van der Waals surface area contributed by atoms with Crippen LogP contribution < -0.4 is 0 Å². The van der Waals surface area contributed by atoms with E-state index >= 15 is 0 Å². The van der Waals surface area contributed by atoms with Crippen LogP contribution in [0, 0.1) is 34.5 Å². The third kappa shape index (κ3) is 4.57. The number of likely N-dealkylation sites (tertiary alicyclic amines) is 2. The van der Waals surface area contributed by atoms with Crippen LogP contribution >= 0.6 is 0 Å². The number of carbonyl (C=O) groups excluding carboxylic acids is 1. The van der Waals surface area contributed by atoms with Gasteiger partial charge in [-0.25, -0.2) is 0 Å². The van der Waals surface area contributed by atoms with Gasteiger partial charge in [-0.15, -0.1) is 0 Å². The van der Waals surface area contributed by atoms with E-state index in [2.05, 4.69) is 31.4 Å². The summed E-state index contributed by atoms with van der Waals surface area (Å²) in [6.45, 7) is 17.6. The van der Waals surface area contributed by atoms with Gasteiger partial charge in [0.25, 0.3) is 0 Å². The van der Waals surface area contributed by atoms with E-state index < -0.39 is 0 Å². The van der Waals surface area contributed by atoms with Crippen molar-refractivity contribution >= 4 is 5.97 Å². The highest BCUT2D eigenvalue weighted by Crippen LogP contribution is 2.67. The minimum absolute atomic E-state index is 0.00570. The van der Waals surface area contributed by atoms with Crippen molar-refractivity contribution < 1.29 is 28.6 Å². The van der Waals surface area contributed by atoms with E-state index in [1.165, 1.54) is 51.6 Å². The highest BCUT2D eigenvalue weighted by Gasteiger charge is 2.67. The van der Waals surface area contributed by atoms with Crippen molar-refractivity contribution in [1.82, 2.24) is 4.90 Å². The highest BCUT2D eigenvalue weighted by atomic mass is 16.7. The van der Waals surface area contributed by atoms with Crippen LogP contribution in [0.2, 0.25) is 0 Å². The predicted molar refractivity (Wildman–Crippen MR) is 161 cm³/mol. The molecule has 7 nitrogen and oxygen atoms in total. The minimum atomic E-state index is -0.370. The second kappa shape index (κ2) is 10.8. The molecule has 0 bridgehead atoms. The zero-order valence-electron chi connectivity index (χ0n) is 26.6. The monoisotopic (exact) mass is 585 g/mol. The maximum Gasteiger partial charge on any atom is 0.303 e. The SMILES string of the molecule is C=CC[N+]1(C2C[C@H]3[C@@H]4CCC5CC(O)C(N6CCC7(CC6)OCCO7)C[C@]5(C)[C@@H]4CC[C@]3(C)C2OC(C)=O)CCCC1. The number of aliphatic hydroxyl groups is 1. The minimum Gasteiger partial charge on any atom is -0.456 e. The van der Waals surface area contributed by atoms with Crippen LogP contribution in [-0.2, 0) is 19.0 Å². The topological polar surface area (TPSA) is 68.2 Å². The Morgan fingerprint density at radius 3 is 2.40 bits per heavy atom. The Balaban J connectivity index is 1.14. The van der Waals surface area contributed by atoms with Gasteiger partial charge < -0.3 is 23.8 Å². The van der Waals surface area contributed by atoms with Gasteiger partial charge in [0.1, 0.15) is 6.04 Å². The Bertz CT molecular complexity index is 1030. The number of fused-ring (bicyclic) bond motifs is 5. The molecular formula is C35H57N2O5+. The number of nitrogens with zero attached hydrogens (tertiary/aromatic N) is 2. The van der Waals surface area contributed by atoms with Crippen LogP contribution in [0.5, 0.6) is 0 Å². The zero-order chi connectivity index (χ0) is 29.3. The molecule has 0 radical (unpaired) electrons. The molecule has 42 heavy (non-hydrogen) atoms. The molecule has 7 aliphatic rings. The summed E-state index contributed by atoms with van der Waals surface area (Å²) in [6.07, 6.45) is 14.3. The molecule has 3 saturated heterocycles.